The quantitative estimate of drug-likeness (QED) is 0.478. The second-order valence-corrected chi connectivity index (χ2v) is 9.79. The largest absolute Gasteiger partial charge is 0.465 e. The van der Waals surface area contributed by atoms with Gasteiger partial charge in [-0.25, -0.2) is 0 Å². The summed E-state index contributed by atoms with van der Waals surface area (Å²) in [6.45, 7) is 1.14. The van der Waals surface area contributed by atoms with Crippen LogP contribution >= 0.6 is 0 Å². The molecule has 0 spiro atoms. The Morgan fingerprint density at radius 3 is 1.43 bits per heavy atom. The van der Waals surface area contributed by atoms with Gasteiger partial charge in [-0.05, 0) is 55.8 Å². The van der Waals surface area contributed by atoms with Gasteiger partial charge in [0.1, 0.15) is 0 Å². The number of rotatable bonds is 8. The molecule has 3 fully saturated rings. The molecule has 3 aliphatic carbocycles. The molecule has 3 saturated carbocycles. The van der Waals surface area contributed by atoms with E-state index in [1.807, 2.05) is 0 Å². The topological polar surface area (TPSA) is 52.6 Å². The molecular weight excluding hydrogens is 352 g/mol. The lowest BCUT2D eigenvalue weighted by Gasteiger charge is -2.36. The van der Waals surface area contributed by atoms with E-state index in [1.165, 1.54) is 70.6 Å². The molecule has 0 aromatic rings. The van der Waals surface area contributed by atoms with Crippen molar-refractivity contribution in [3.05, 3.63) is 0 Å². The first-order chi connectivity index (χ1) is 13.7. The van der Waals surface area contributed by atoms with E-state index in [0.717, 1.165) is 25.7 Å². The van der Waals surface area contributed by atoms with E-state index in [0.29, 0.717) is 37.9 Å². The molecule has 0 aromatic carbocycles. The number of esters is 2. The van der Waals surface area contributed by atoms with Crippen LogP contribution in [0, 0.1) is 17.3 Å². The van der Waals surface area contributed by atoms with Gasteiger partial charge < -0.3 is 9.47 Å². The van der Waals surface area contributed by atoms with Gasteiger partial charge in [0.25, 0.3) is 0 Å². The Hall–Kier alpha value is -1.06. The number of carbonyl (C=O) groups excluding carboxylic acids is 2. The van der Waals surface area contributed by atoms with Crippen LogP contribution < -0.4 is 0 Å². The molecular formula is C24H40O4. The standard InChI is InChI=1S/C24H40O4/c25-22(27-18-20-10-4-1-5-11-20)16-24(14-8-3-9-15-24)17-23(26)28-19-21-12-6-2-7-13-21/h20-21H,1-19H2. The minimum atomic E-state index is -0.231. The fourth-order valence-corrected chi connectivity index (χ4v) is 5.56. The molecule has 0 aromatic heterocycles. The first-order valence-corrected chi connectivity index (χ1v) is 12.0. The highest BCUT2D eigenvalue weighted by atomic mass is 16.5. The molecule has 28 heavy (non-hydrogen) atoms. The summed E-state index contributed by atoms with van der Waals surface area (Å²) in [6.07, 6.45) is 18.5. The lowest BCUT2D eigenvalue weighted by molar-refractivity contribution is -0.153. The van der Waals surface area contributed by atoms with Crippen LogP contribution in [0.25, 0.3) is 0 Å². The molecule has 0 saturated heterocycles. The predicted octanol–water partition coefficient (Wildman–Crippen LogP) is 5.96. The van der Waals surface area contributed by atoms with Crippen LogP contribution in [-0.2, 0) is 19.1 Å². The second-order valence-electron chi connectivity index (χ2n) is 9.79. The lowest BCUT2D eigenvalue weighted by Crippen LogP contribution is -2.32. The molecule has 3 aliphatic rings. The summed E-state index contributed by atoms with van der Waals surface area (Å²) in [7, 11) is 0. The van der Waals surface area contributed by atoms with Crippen molar-refractivity contribution in [1.82, 2.24) is 0 Å². The SMILES string of the molecule is O=C(CC1(CC(=O)OCC2CCCCC2)CCCCC1)OCC1CCCCC1. The van der Waals surface area contributed by atoms with Crippen molar-refractivity contribution >= 4 is 11.9 Å². The fraction of sp³-hybridized carbons (Fsp3) is 0.917. The van der Waals surface area contributed by atoms with Crippen LogP contribution in [0.1, 0.15) is 109 Å². The summed E-state index contributed by atoms with van der Waals surface area (Å²) in [5, 5.41) is 0. The molecule has 0 radical (unpaired) electrons. The normalized spacial score (nSPS) is 23.9. The molecule has 0 bridgehead atoms. The van der Waals surface area contributed by atoms with Gasteiger partial charge in [-0.2, -0.15) is 0 Å². The number of carbonyl (C=O) groups is 2. The highest BCUT2D eigenvalue weighted by molar-refractivity contribution is 5.74. The van der Waals surface area contributed by atoms with E-state index in [4.69, 9.17) is 9.47 Å². The summed E-state index contributed by atoms with van der Waals surface area (Å²) in [4.78, 5) is 25.1. The Balaban J connectivity index is 1.45. The smallest absolute Gasteiger partial charge is 0.306 e. The molecule has 0 unspecified atom stereocenters. The highest BCUT2D eigenvalue weighted by Gasteiger charge is 2.38. The third kappa shape index (κ3) is 7.08. The summed E-state index contributed by atoms with van der Waals surface area (Å²) >= 11 is 0. The summed E-state index contributed by atoms with van der Waals surface area (Å²) in [5.74, 6) is 0.876. The molecule has 0 amide bonds. The molecule has 0 atom stereocenters. The Kier molecular flexibility index (Phi) is 8.66. The summed E-state index contributed by atoms with van der Waals surface area (Å²) in [6, 6.07) is 0. The zero-order valence-electron chi connectivity index (χ0n) is 17.7. The van der Waals surface area contributed by atoms with E-state index >= 15 is 0 Å². The second kappa shape index (κ2) is 11.2. The number of hydrogen-bond acceptors (Lipinski definition) is 4. The van der Waals surface area contributed by atoms with Crippen molar-refractivity contribution in [2.24, 2.45) is 17.3 Å². The van der Waals surface area contributed by atoms with Gasteiger partial charge in [0, 0.05) is 0 Å². The Bertz CT molecular complexity index is 445. The van der Waals surface area contributed by atoms with E-state index in [2.05, 4.69) is 0 Å². The number of ether oxygens (including phenoxy) is 2. The van der Waals surface area contributed by atoms with Gasteiger partial charge in [0.05, 0.1) is 26.1 Å². The average Bonchev–Trinajstić information content (AvgIpc) is 2.73. The maximum absolute atomic E-state index is 12.6. The fourth-order valence-electron chi connectivity index (χ4n) is 5.56. The van der Waals surface area contributed by atoms with Crippen molar-refractivity contribution in [2.75, 3.05) is 13.2 Å². The van der Waals surface area contributed by atoms with Gasteiger partial charge in [-0.3, -0.25) is 9.59 Å². The van der Waals surface area contributed by atoms with Gasteiger partial charge in [0.2, 0.25) is 0 Å². The maximum atomic E-state index is 12.6. The monoisotopic (exact) mass is 392 g/mol. The van der Waals surface area contributed by atoms with Gasteiger partial charge in [-0.15, -0.1) is 0 Å². The summed E-state index contributed by atoms with van der Waals surface area (Å²) < 4.78 is 11.3. The Labute approximate surface area is 171 Å². The van der Waals surface area contributed by atoms with Crippen molar-refractivity contribution in [2.45, 2.75) is 109 Å². The molecule has 0 heterocycles. The van der Waals surface area contributed by atoms with Gasteiger partial charge in [-0.1, -0.05) is 57.8 Å². The first-order valence-electron chi connectivity index (χ1n) is 12.0. The number of hydrogen-bond donors (Lipinski definition) is 0. The van der Waals surface area contributed by atoms with E-state index in [9.17, 15) is 9.59 Å². The third-order valence-electron chi connectivity index (χ3n) is 7.36. The molecule has 0 aliphatic heterocycles. The van der Waals surface area contributed by atoms with Crippen LogP contribution in [0.2, 0.25) is 0 Å². The summed E-state index contributed by atoms with van der Waals surface area (Å²) in [5.41, 5.74) is -0.231. The van der Waals surface area contributed by atoms with Gasteiger partial charge >= 0.3 is 11.9 Å². The van der Waals surface area contributed by atoms with Gasteiger partial charge in [0.15, 0.2) is 0 Å². The van der Waals surface area contributed by atoms with Crippen molar-refractivity contribution in [3.63, 3.8) is 0 Å². The van der Waals surface area contributed by atoms with E-state index in [1.54, 1.807) is 0 Å². The minimum Gasteiger partial charge on any atom is -0.465 e. The van der Waals surface area contributed by atoms with Crippen LogP contribution in [-0.4, -0.2) is 25.2 Å². The van der Waals surface area contributed by atoms with E-state index in [-0.39, 0.29) is 17.4 Å². The zero-order valence-corrected chi connectivity index (χ0v) is 17.7. The van der Waals surface area contributed by atoms with Crippen LogP contribution in [0.4, 0.5) is 0 Å². The van der Waals surface area contributed by atoms with Crippen LogP contribution in [0.15, 0.2) is 0 Å². The Morgan fingerprint density at radius 1 is 0.607 bits per heavy atom. The molecule has 160 valence electrons. The van der Waals surface area contributed by atoms with Crippen LogP contribution in [0.3, 0.4) is 0 Å². The molecule has 4 nitrogen and oxygen atoms in total. The van der Waals surface area contributed by atoms with Crippen LogP contribution in [0.5, 0.6) is 0 Å². The van der Waals surface area contributed by atoms with Crippen molar-refractivity contribution < 1.29 is 19.1 Å². The average molecular weight is 393 g/mol. The zero-order chi connectivity index (χ0) is 19.7. The predicted molar refractivity (Wildman–Crippen MR) is 110 cm³/mol. The molecule has 3 rings (SSSR count). The lowest BCUT2D eigenvalue weighted by atomic mass is 9.69. The molecule has 0 N–H and O–H groups in total. The highest BCUT2D eigenvalue weighted by Crippen LogP contribution is 2.43. The maximum Gasteiger partial charge on any atom is 0.306 e. The minimum absolute atomic E-state index is 0.104. The molecule has 4 heteroatoms. The Morgan fingerprint density at radius 2 is 1.00 bits per heavy atom. The van der Waals surface area contributed by atoms with E-state index < -0.39 is 0 Å². The van der Waals surface area contributed by atoms with Crippen molar-refractivity contribution in [1.29, 1.82) is 0 Å². The third-order valence-corrected chi connectivity index (χ3v) is 7.36. The first kappa shape index (κ1) is 21.6. The van der Waals surface area contributed by atoms with Crippen molar-refractivity contribution in [3.8, 4) is 0 Å².